The van der Waals surface area contributed by atoms with Gasteiger partial charge in [-0.05, 0) is 31.9 Å². The smallest absolute Gasteiger partial charge is 0.188 e. The summed E-state index contributed by atoms with van der Waals surface area (Å²) < 4.78 is 0. The van der Waals surface area contributed by atoms with Crippen LogP contribution in [0, 0.1) is 0 Å². The third kappa shape index (κ3) is 3.71. The summed E-state index contributed by atoms with van der Waals surface area (Å²) in [6.07, 6.45) is 8.89. The average Bonchev–Trinajstić information content (AvgIpc) is 3.21. The summed E-state index contributed by atoms with van der Waals surface area (Å²) in [4.78, 5) is 15.8. The van der Waals surface area contributed by atoms with Crippen LogP contribution in [-0.4, -0.2) is 45.0 Å². The van der Waals surface area contributed by atoms with Crippen molar-refractivity contribution in [2.24, 2.45) is 0 Å². The van der Waals surface area contributed by atoms with Crippen molar-refractivity contribution in [3.8, 4) is 10.8 Å². The lowest BCUT2D eigenvalue weighted by atomic mass is 9.99. The SMILES string of the molecule is Cl.c1cnc(-c2nc(CNC3CCN4CCCCC34)cs2)nc1. The fourth-order valence-electron chi connectivity index (χ4n) is 3.62. The molecule has 0 amide bonds. The maximum absolute atomic E-state index is 4.66. The quantitative estimate of drug-likeness (QED) is 0.917. The first-order chi connectivity index (χ1) is 10.9. The van der Waals surface area contributed by atoms with E-state index in [1.165, 1.54) is 38.8 Å². The first kappa shape index (κ1) is 16.8. The Kier molecular flexibility index (Phi) is 5.58. The standard InChI is InChI=1S/C16H21N5S.ClH/c1-2-8-21-9-5-13(14(21)4-1)19-10-12-11-22-16(20-12)15-17-6-3-7-18-15;/h3,6-7,11,13-14,19H,1-2,4-5,8-10H2;1H. The monoisotopic (exact) mass is 351 g/mol. The molecule has 1 N–H and O–H groups in total. The first-order valence-electron chi connectivity index (χ1n) is 8.09. The lowest BCUT2D eigenvalue weighted by molar-refractivity contribution is 0.180. The molecule has 2 fully saturated rings. The van der Waals surface area contributed by atoms with E-state index < -0.39 is 0 Å². The second kappa shape index (κ2) is 7.66. The number of halogens is 1. The molecule has 0 saturated carbocycles. The van der Waals surface area contributed by atoms with E-state index in [1.807, 2.05) is 6.07 Å². The van der Waals surface area contributed by atoms with Crippen LogP contribution in [0.3, 0.4) is 0 Å². The Hall–Kier alpha value is -1.08. The minimum absolute atomic E-state index is 0. The summed E-state index contributed by atoms with van der Waals surface area (Å²) in [7, 11) is 0. The van der Waals surface area contributed by atoms with Gasteiger partial charge in [-0.2, -0.15) is 0 Å². The molecular formula is C16H22ClN5S. The van der Waals surface area contributed by atoms with Crippen LogP contribution in [0.1, 0.15) is 31.4 Å². The molecular weight excluding hydrogens is 330 g/mol. The fourth-order valence-corrected chi connectivity index (χ4v) is 4.39. The van der Waals surface area contributed by atoms with E-state index in [9.17, 15) is 0 Å². The second-order valence-electron chi connectivity index (χ2n) is 6.09. The topological polar surface area (TPSA) is 53.9 Å². The average molecular weight is 352 g/mol. The number of rotatable bonds is 4. The van der Waals surface area contributed by atoms with Crippen molar-refractivity contribution in [2.45, 2.75) is 44.3 Å². The van der Waals surface area contributed by atoms with Gasteiger partial charge in [-0.15, -0.1) is 23.7 Å². The summed E-state index contributed by atoms with van der Waals surface area (Å²) >= 11 is 1.62. The highest BCUT2D eigenvalue weighted by molar-refractivity contribution is 7.13. The predicted molar refractivity (Wildman–Crippen MR) is 94.8 cm³/mol. The van der Waals surface area contributed by atoms with Crippen molar-refractivity contribution in [2.75, 3.05) is 13.1 Å². The van der Waals surface area contributed by atoms with Gasteiger partial charge in [0.1, 0.15) is 0 Å². The molecule has 2 aliphatic heterocycles. The van der Waals surface area contributed by atoms with Gasteiger partial charge >= 0.3 is 0 Å². The zero-order valence-electron chi connectivity index (χ0n) is 13.0. The molecule has 2 aromatic rings. The van der Waals surface area contributed by atoms with Crippen LogP contribution < -0.4 is 5.32 Å². The van der Waals surface area contributed by atoms with E-state index >= 15 is 0 Å². The van der Waals surface area contributed by atoms with Gasteiger partial charge in [-0.3, -0.25) is 4.90 Å². The number of nitrogens with zero attached hydrogens (tertiary/aromatic N) is 4. The van der Waals surface area contributed by atoms with Crippen LogP contribution in [-0.2, 0) is 6.54 Å². The summed E-state index contributed by atoms with van der Waals surface area (Å²) in [5.41, 5.74) is 1.10. The van der Waals surface area contributed by atoms with Gasteiger partial charge in [0.25, 0.3) is 0 Å². The Balaban J connectivity index is 0.00000156. The molecule has 4 rings (SSSR count). The van der Waals surface area contributed by atoms with Crippen molar-refractivity contribution < 1.29 is 0 Å². The molecule has 2 atom stereocenters. The zero-order valence-corrected chi connectivity index (χ0v) is 14.7. The molecule has 4 heterocycles. The van der Waals surface area contributed by atoms with Gasteiger partial charge in [-0.1, -0.05) is 6.42 Å². The van der Waals surface area contributed by atoms with Crippen LogP contribution in [0.25, 0.3) is 10.8 Å². The van der Waals surface area contributed by atoms with Gasteiger partial charge < -0.3 is 5.32 Å². The number of hydrogen-bond donors (Lipinski definition) is 1. The van der Waals surface area contributed by atoms with Gasteiger partial charge in [0.15, 0.2) is 10.8 Å². The first-order valence-corrected chi connectivity index (χ1v) is 8.97. The molecule has 7 heteroatoms. The lowest BCUT2D eigenvalue weighted by Gasteiger charge is -2.32. The highest BCUT2D eigenvalue weighted by Crippen LogP contribution is 2.27. The molecule has 2 unspecified atom stereocenters. The van der Waals surface area contributed by atoms with E-state index in [0.717, 1.165) is 29.1 Å². The molecule has 0 radical (unpaired) electrons. The molecule has 2 saturated heterocycles. The number of nitrogens with one attached hydrogen (secondary N) is 1. The fraction of sp³-hybridized carbons (Fsp3) is 0.562. The Morgan fingerprint density at radius 1 is 1.17 bits per heavy atom. The van der Waals surface area contributed by atoms with Crippen molar-refractivity contribution in [3.63, 3.8) is 0 Å². The summed E-state index contributed by atoms with van der Waals surface area (Å²) in [6.45, 7) is 3.38. The molecule has 2 aromatic heterocycles. The van der Waals surface area contributed by atoms with Crippen molar-refractivity contribution in [1.82, 2.24) is 25.2 Å². The Labute approximate surface area is 147 Å². The number of hydrogen-bond acceptors (Lipinski definition) is 6. The van der Waals surface area contributed by atoms with Crippen LogP contribution in [0.2, 0.25) is 0 Å². The molecule has 0 aromatic carbocycles. The number of aromatic nitrogens is 3. The van der Waals surface area contributed by atoms with Gasteiger partial charge in [-0.25, -0.2) is 15.0 Å². The molecule has 0 aliphatic carbocycles. The minimum atomic E-state index is 0. The van der Waals surface area contributed by atoms with E-state index in [0.29, 0.717) is 6.04 Å². The zero-order chi connectivity index (χ0) is 14.8. The largest absolute Gasteiger partial charge is 0.307 e. The lowest BCUT2D eigenvalue weighted by Crippen LogP contribution is -2.44. The Morgan fingerprint density at radius 3 is 2.91 bits per heavy atom. The van der Waals surface area contributed by atoms with Crippen molar-refractivity contribution in [3.05, 3.63) is 29.5 Å². The molecule has 2 aliphatic rings. The molecule has 124 valence electrons. The molecule has 0 spiro atoms. The summed E-state index contributed by atoms with van der Waals surface area (Å²) in [6, 6.07) is 3.19. The van der Waals surface area contributed by atoms with Crippen molar-refractivity contribution in [1.29, 1.82) is 0 Å². The van der Waals surface area contributed by atoms with Crippen LogP contribution in [0.4, 0.5) is 0 Å². The maximum Gasteiger partial charge on any atom is 0.188 e. The van der Waals surface area contributed by atoms with Gasteiger partial charge in [0.2, 0.25) is 0 Å². The van der Waals surface area contributed by atoms with Crippen molar-refractivity contribution >= 4 is 23.7 Å². The summed E-state index contributed by atoms with van der Waals surface area (Å²) in [5, 5.41) is 6.75. The van der Waals surface area contributed by atoms with Crippen LogP contribution >= 0.6 is 23.7 Å². The van der Waals surface area contributed by atoms with Crippen LogP contribution in [0.15, 0.2) is 23.8 Å². The normalized spacial score (nSPS) is 24.2. The van der Waals surface area contributed by atoms with Gasteiger partial charge in [0.05, 0.1) is 5.69 Å². The van der Waals surface area contributed by atoms with E-state index in [4.69, 9.17) is 0 Å². The highest BCUT2D eigenvalue weighted by Gasteiger charge is 2.34. The van der Waals surface area contributed by atoms with Gasteiger partial charge in [0, 0.05) is 42.9 Å². The van der Waals surface area contributed by atoms with E-state index in [-0.39, 0.29) is 12.4 Å². The number of fused-ring (bicyclic) bond motifs is 1. The third-order valence-electron chi connectivity index (χ3n) is 4.71. The highest BCUT2D eigenvalue weighted by atomic mass is 35.5. The Bertz CT molecular complexity index is 620. The van der Waals surface area contributed by atoms with Crippen LogP contribution in [0.5, 0.6) is 0 Å². The molecule has 0 bridgehead atoms. The number of thiazole rings is 1. The van der Waals surface area contributed by atoms with E-state index in [2.05, 4.69) is 30.5 Å². The maximum atomic E-state index is 4.66. The minimum Gasteiger partial charge on any atom is -0.307 e. The predicted octanol–water partition coefficient (Wildman–Crippen LogP) is 2.74. The summed E-state index contributed by atoms with van der Waals surface area (Å²) in [5.74, 6) is 0.720. The number of piperidine rings is 1. The molecule has 23 heavy (non-hydrogen) atoms. The van der Waals surface area contributed by atoms with E-state index in [1.54, 1.807) is 23.7 Å². The third-order valence-corrected chi connectivity index (χ3v) is 5.60. The molecule has 5 nitrogen and oxygen atoms in total. The Morgan fingerprint density at radius 2 is 2.04 bits per heavy atom. The second-order valence-corrected chi connectivity index (χ2v) is 6.95.